The molecule has 3 heterocycles. The monoisotopic (exact) mass is 469 g/mol. The van der Waals surface area contributed by atoms with Crippen molar-refractivity contribution in [2.45, 2.75) is 19.3 Å². The van der Waals surface area contributed by atoms with Crippen molar-refractivity contribution in [2.24, 2.45) is 11.8 Å². The van der Waals surface area contributed by atoms with E-state index in [4.69, 9.17) is 0 Å². The molecule has 1 aromatic heterocycles. The lowest BCUT2D eigenvalue weighted by molar-refractivity contribution is -0.139. The maximum absolute atomic E-state index is 13.1. The highest BCUT2D eigenvalue weighted by Crippen LogP contribution is 2.30. The first kappa shape index (κ1) is 23.9. The van der Waals surface area contributed by atoms with Crippen molar-refractivity contribution >= 4 is 23.5 Å². The molecule has 1 aromatic carbocycles. The van der Waals surface area contributed by atoms with Crippen LogP contribution in [0.5, 0.6) is 0 Å². The summed E-state index contributed by atoms with van der Waals surface area (Å²) >= 11 is 0. The topological polar surface area (TPSA) is 89.0 Å². The van der Waals surface area contributed by atoms with E-state index in [0.717, 1.165) is 45.0 Å². The lowest BCUT2D eigenvalue weighted by atomic mass is 9.81. The number of carboxylic acids is 1. The highest BCUT2D eigenvalue weighted by molar-refractivity contribution is 5.89. The van der Waals surface area contributed by atoms with Crippen LogP contribution in [0.4, 0.5) is 20.7 Å². The smallest absolute Gasteiger partial charge is 0.321 e. The number of pyridine rings is 1. The molecule has 2 aliphatic heterocycles. The SMILES string of the molecule is O=C(O)C[C@@H]1CCN(C(=O)Nc2ccc(F)cc2)C[C@H]1CCN1CCN(c2ccccn2)CC1. The Morgan fingerprint density at radius 1 is 1.03 bits per heavy atom. The van der Waals surface area contributed by atoms with Crippen LogP contribution in [-0.2, 0) is 4.79 Å². The molecule has 4 rings (SSSR count). The molecular weight excluding hydrogens is 437 g/mol. The number of likely N-dealkylation sites (tertiary alicyclic amines) is 1. The number of aliphatic carboxylic acids is 1. The second kappa shape index (κ2) is 11.3. The number of aromatic nitrogens is 1. The zero-order valence-corrected chi connectivity index (χ0v) is 19.3. The average Bonchev–Trinajstić information content (AvgIpc) is 2.85. The van der Waals surface area contributed by atoms with Crippen LogP contribution in [-0.4, -0.2) is 77.7 Å². The zero-order chi connectivity index (χ0) is 23.9. The van der Waals surface area contributed by atoms with Crippen molar-refractivity contribution in [3.63, 3.8) is 0 Å². The minimum absolute atomic E-state index is 0.0576. The van der Waals surface area contributed by atoms with Gasteiger partial charge >= 0.3 is 12.0 Å². The minimum Gasteiger partial charge on any atom is -0.481 e. The van der Waals surface area contributed by atoms with Crippen LogP contribution in [0.1, 0.15) is 19.3 Å². The third-order valence-corrected chi connectivity index (χ3v) is 6.87. The van der Waals surface area contributed by atoms with Gasteiger partial charge in [-0.05, 0) is 67.6 Å². The zero-order valence-electron chi connectivity index (χ0n) is 19.3. The van der Waals surface area contributed by atoms with E-state index in [1.807, 2.05) is 24.4 Å². The van der Waals surface area contributed by atoms with Crippen LogP contribution < -0.4 is 10.2 Å². The van der Waals surface area contributed by atoms with Gasteiger partial charge in [0.25, 0.3) is 0 Å². The van der Waals surface area contributed by atoms with Crippen LogP contribution in [0.15, 0.2) is 48.7 Å². The summed E-state index contributed by atoms with van der Waals surface area (Å²) in [6.07, 6.45) is 3.46. The molecule has 0 unspecified atom stereocenters. The number of piperidine rings is 1. The molecule has 9 heteroatoms. The summed E-state index contributed by atoms with van der Waals surface area (Å²) in [7, 11) is 0. The third kappa shape index (κ3) is 6.44. The standard InChI is InChI=1S/C25H32FN5O3/c26-21-4-6-22(7-5-21)28-25(34)31-12-9-19(17-24(32)33)20(18-31)8-11-29-13-15-30(16-14-29)23-3-1-2-10-27-23/h1-7,10,19-20H,8-9,11-18H2,(H,28,34)(H,32,33)/t19-,20+/m0/s1. The van der Waals surface area contributed by atoms with Crippen LogP contribution in [0, 0.1) is 17.7 Å². The van der Waals surface area contributed by atoms with E-state index in [0.29, 0.717) is 25.2 Å². The second-order valence-corrected chi connectivity index (χ2v) is 9.10. The first-order chi connectivity index (χ1) is 16.5. The number of benzene rings is 1. The lowest BCUT2D eigenvalue weighted by Gasteiger charge is -2.40. The van der Waals surface area contributed by atoms with Gasteiger partial charge in [0.15, 0.2) is 0 Å². The first-order valence-corrected chi connectivity index (χ1v) is 11.9. The number of hydrogen-bond donors (Lipinski definition) is 2. The van der Waals surface area contributed by atoms with E-state index < -0.39 is 5.97 Å². The number of rotatable bonds is 7. The molecule has 0 aliphatic carbocycles. The van der Waals surface area contributed by atoms with E-state index in [1.54, 1.807) is 4.90 Å². The van der Waals surface area contributed by atoms with Crippen molar-refractivity contribution in [1.29, 1.82) is 0 Å². The normalized spacial score (nSPS) is 21.3. The van der Waals surface area contributed by atoms with Gasteiger partial charge in [-0.2, -0.15) is 0 Å². The van der Waals surface area contributed by atoms with Gasteiger partial charge < -0.3 is 20.2 Å². The molecule has 8 nitrogen and oxygen atoms in total. The summed E-state index contributed by atoms with van der Waals surface area (Å²) in [6, 6.07) is 11.4. The number of carbonyl (C=O) groups excluding carboxylic acids is 1. The van der Waals surface area contributed by atoms with Gasteiger partial charge in [-0.15, -0.1) is 0 Å². The summed E-state index contributed by atoms with van der Waals surface area (Å²) in [6.45, 7) is 5.61. The Labute approximate surface area is 199 Å². The molecule has 2 fully saturated rings. The van der Waals surface area contributed by atoms with E-state index >= 15 is 0 Å². The van der Waals surface area contributed by atoms with Gasteiger partial charge in [-0.1, -0.05) is 6.07 Å². The predicted octanol–water partition coefficient (Wildman–Crippen LogP) is 3.38. The summed E-state index contributed by atoms with van der Waals surface area (Å²) in [5.74, 6) is 0.0372. The Hall–Kier alpha value is -3.20. The van der Waals surface area contributed by atoms with Crippen LogP contribution in [0.25, 0.3) is 0 Å². The maximum atomic E-state index is 13.1. The number of halogens is 1. The molecule has 2 atom stereocenters. The average molecular weight is 470 g/mol. The number of urea groups is 1. The third-order valence-electron chi connectivity index (χ3n) is 6.87. The molecule has 2 N–H and O–H groups in total. The van der Waals surface area contributed by atoms with Gasteiger partial charge in [0.05, 0.1) is 0 Å². The molecule has 2 aliphatic rings. The number of hydrogen-bond acceptors (Lipinski definition) is 5. The number of nitrogens with zero attached hydrogens (tertiary/aromatic N) is 4. The number of carbonyl (C=O) groups is 2. The molecule has 182 valence electrons. The largest absolute Gasteiger partial charge is 0.481 e. The Morgan fingerprint density at radius 3 is 2.47 bits per heavy atom. The van der Waals surface area contributed by atoms with Gasteiger partial charge in [0.1, 0.15) is 11.6 Å². The Morgan fingerprint density at radius 2 is 1.79 bits per heavy atom. The quantitative estimate of drug-likeness (QED) is 0.646. The molecule has 0 saturated carbocycles. The van der Waals surface area contributed by atoms with Gasteiger partial charge in [0.2, 0.25) is 0 Å². The van der Waals surface area contributed by atoms with E-state index in [1.165, 1.54) is 24.3 Å². The van der Waals surface area contributed by atoms with Crippen molar-refractivity contribution in [3.8, 4) is 0 Å². The molecule has 2 saturated heterocycles. The van der Waals surface area contributed by atoms with E-state index in [-0.39, 0.29) is 30.1 Å². The van der Waals surface area contributed by atoms with Gasteiger partial charge in [-0.3, -0.25) is 9.69 Å². The van der Waals surface area contributed by atoms with Crippen molar-refractivity contribution in [2.75, 3.05) is 56.0 Å². The number of amides is 2. The summed E-state index contributed by atoms with van der Waals surface area (Å²) in [5, 5.41) is 12.2. The van der Waals surface area contributed by atoms with Crippen LogP contribution in [0.2, 0.25) is 0 Å². The number of nitrogens with one attached hydrogen (secondary N) is 1. The van der Waals surface area contributed by atoms with Crippen LogP contribution in [0.3, 0.4) is 0 Å². The lowest BCUT2D eigenvalue weighted by Crippen LogP contribution is -2.49. The van der Waals surface area contributed by atoms with Crippen molar-refractivity contribution in [3.05, 3.63) is 54.5 Å². The fourth-order valence-electron chi connectivity index (χ4n) is 4.91. The first-order valence-electron chi connectivity index (χ1n) is 11.9. The Kier molecular flexibility index (Phi) is 7.95. The number of anilines is 2. The molecule has 0 spiro atoms. The minimum atomic E-state index is -0.789. The van der Waals surface area contributed by atoms with Crippen molar-refractivity contribution in [1.82, 2.24) is 14.8 Å². The summed E-state index contributed by atoms with van der Waals surface area (Å²) < 4.78 is 13.1. The van der Waals surface area contributed by atoms with Crippen LogP contribution >= 0.6 is 0 Å². The molecule has 0 bridgehead atoms. The highest BCUT2D eigenvalue weighted by Gasteiger charge is 2.33. The van der Waals surface area contributed by atoms with Gasteiger partial charge in [0, 0.05) is 57.6 Å². The van der Waals surface area contributed by atoms with E-state index in [9.17, 15) is 19.1 Å². The number of carboxylic acid groups (broad SMARTS) is 1. The molecule has 2 amide bonds. The predicted molar refractivity (Wildman–Crippen MR) is 128 cm³/mol. The highest BCUT2D eigenvalue weighted by atomic mass is 19.1. The van der Waals surface area contributed by atoms with Crippen molar-refractivity contribution < 1.29 is 19.1 Å². The van der Waals surface area contributed by atoms with Gasteiger partial charge in [-0.25, -0.2) is 14.2 Å². The second-order valence-electron chi connectivity index (χ2n) is 9.10. The molecular formula is C25H32FN5O3. The fourth-order valence-corrected chi connectivity index (χ4v) is 4.91. The Balaban J connectivity index is 1.30. The summed E-state index contributed by atoms with van der Waals surface area (Å²) in [4.78, 5) is 35.1. The van der Waals surface area contributed by atoms with E-state index in [2.05, 4.69) is 20.1 Å². The molecule has 0 radical (unpaired) electrons. The fraction of sp³-hybridized carbons (Fsp3) is 0.480. The number of piperazine rings is 1. The maximum Gasteiger partial charge on any atom is 0.321 e. The molecule has 34 heavy (non-hydrogen) atoms. The Bertz CT molecular complexity index is 951. The molecule has 2 aromatic rings. The summed E-state index contributed by atoms with van der Waals surface area (Å²) in [5.41, 5.74) is 0.543.